The highest BCUT2D eigenvalue weighted by atomic mass is 35.5. The Kier molecular flexibility index (Phi) is 6.01. The molecule has 1 aliphatic carbocycles. The lowest BCUT2D eigenvalue weighted by atomic mass is 10.0. The Labute approximate surface area is 160 Å². The molecule has 3 rings (SSSR count). The number of hydrogen-bond donors (Lipinski definition) is 2. The average molecular weight is 392 g/mol. The number of carbonyl (C=O) groups is 1. The molecule has 0 spiro atoms. The third-order valence-corrected chi connectivity index (χ3v) is 5.18. The molecule has 26 heavy (non-hydrogen) atoms. The van der Waals surface area contributed by atoms with E-state index in [1.807, 2.05) is 0 Å². The topological polar surface area (TPSA) is 104 Å². The van der Waals surface area contributed by atoms with Crippen molar-refractivity contribution in [3.63, 3.8) is 0 Å². The van der Waals surface area contributed by atoms with Gasteiger partial charge in [0, 0.05) is 5.02 Å². The highest BCUT2D eigenvalue weighted by molar-refractivity contribution is 7.99. The fourth-order valence-corrected chi connectivity index (χ4v) is 3.51. The summed E-state index contributed by atoms with van der Waals surface area (Å²) in [6.07, 6.45) is 3.37. The molecular weight excluding hydrogens is 374 g/mol. The lowest BCUT2D eigenvalue weighted by molar-refractivity contribution is -0.119. The highest BCUT2D eigenvalue weighted by Crippen LogP contribution is 2.29. The molecule has 0 atom stereocenters. The third kappa shape index (κ3) is 4.90. The molecule has 0 bridgehead atoms. The molecule has 0 radical (unpaired) electrons. The zero-order chi connectivity index (χ0) is 18.4. The Morgan fingerprint density at radius 3 is 2.81 bits per heavy atom. The Balaban J connectivity index is 1.45. The predicted octanol–water partition coefficient (Wildman–Crippen LogP) is 3.08. The first-order chi connectivity index (χ1) is 12.6. The van der Waals surface area contributed by atoms with E-state index >= 15 is 0 Å². The first-order valence-corrected chi connectivity index (χ1v) is 9.60. The van der Waals surface area contributed by atoms with E-state index < -0.39 is 5.54 Å². The van der Waals surface area contributed by atoms with Crippen molar-refractivity contribution in [3.05, 3.63) is 35.1 Å². The number of thioether (sulfide) groups is 1. The van der Waals surface area contributed by atoms with Crippen molar-refractivity contribution in [1.82, 2.24) is 20.5 Å². The summed E-state index contributed by atoms with van der Waals surface area (Å²) in [4.78, 5) is 16.4. The van der Waals surface area contributed by atoms with Crippen LogP contribution in [0.4, 0.5) is 0 Å². The van der Waals surface area contributed by atoms with Crippen molar-refractivity contribution in [2.45, 2.75) is 43.0 Å². The first kappa shape index (κ1) is 18.5. The van der Waals surface area contributed by atoms with E-state index in [2.05, 4.69) is 26.6 Å². The maximum Gasteiger partial charge on any atom is 0.231 e. The number of aromatic amines is 1. The molecular formula is C17H18ClN5O2S. The van der Waals surface area contributed by atoms with Crippen LogP contribution < -0.4 is 10.1 Å². The summed E-state index contributed by atoms with van der Waals surface area (Å²) < 4.78 is 5.59. The third-order valence-electron chi connectivity index (χ3n) is 4.08. The van der Waals surface area contributed by atoms with Crippen LogP contribution in [0.2, 0.25) is 5.02 Å². The average Bonchev–Trinajstić information content (AvgIpc) is 3.29. The van der Waals surface area contributed by atoms with Crippen LogP contribution >= 0.6 is 23.4 Å². The minimum atomic E-state index is -0.700. The molecule has 0 unspecified atom stereocenters. The molecule has 1 aromatic carbocycles. The molecule has 0 saturated heterocycles. The molecule has 1 amide bonds. The Morgan fingerprint density at radius 2 is 2.12 bits per heavy atom. The van der Waals surface area contributed by atoms with Gasteiger partial charge in [0.05, 0.1) is 11.8 Å². The minimum absolute atomic E-state index is 0.165. The van der Waals surface area contributed by atoms with Gasteiger partial charge in [-0.3, -0.25) is 9.89 Å². The van der Waals surface area contributed by atoms with E-state index in [-0.39, 0.29) is 18.3 Å². The molecule has 1 aliphatic rings. The van der Waals surface area contributed by atoms with Gasteiger partial charge in [-0.1, -0.05) is 23.4 Å². The first-order valence-electron chi connectivity index (χ1n) is 8.23. The van der Waals surface area contributed by atoms with Crippen LogP contribution in [0.1, 0.15) is 31.5 Å². The van der Waals surface area contributed by atoms with Gasteiger partial charge >= 0.3 is 0 Å². The van der Waals surface area contributed by atoms with E-state index in [9.17, 15) is 10.1 Å². The number of amides is 1. The molecule has 0 aliphatic heterocycles. The smallest absolute Gasteiger partial charge is 0.231 e. The van der Waals surface area contributed by atoms with E-state index in [1.54, 1.807) is 24.3 Å². The van der Waals surface area contributed by atoms with Crippen LogP contribution in [0.3, 0.4) is 0 Å². The number of benzene rings is 1. The summed E-state index contributed by atoms with van der Waals surface area (Å²) >= 11 is 7.04. The Bertz CT molecular complexity index is 796. The lowest BCUT2D eigenvalue weighted by Crippen LogP contribution is -2.45. The van der Waals surface area contributed by atoms with Crippen molar-refractivity contribution in [3.8, 4) is 11.8 Å². The molecule has 7 nitrogen and oxygen atoms in total. The van der Waals surface area contributed by atoms with Crippen LogP contribution in [-0.4, -0.2) is 32.4 Å². The number of H-pyrrole nitrogens is 1. The second-order valence-corrected chi connectivity index (χ2v) is 7.42. The fraction of sp³-hybridized carbons (Fsp3) is 0.412. The summed E-state index contributed by atoms with van der Waals surface area (Å²) in [5.41, 5.74) is -0.700. The minimum Gasteiger partial charge on any atom is -0.486 e. The Hall–Kier alpha value is -2.24. The number of nitrogens with one attached hydrogen (secondary N) is 2. The summed E-state index contributed by atoms with van der Waals surface area (Å²) in [6.45, 7) is 0.235. The van der Waals surface area contributed by atoms with Crippen molar-refractivity contribution in [2.75, 3.05) is 5.75 Å². The summed E-state index contributed by atoms with van der Waals surface area (Å²) in [6, 6.07) is 9.28. The van der Waals surface area contributed by atoms with Crippen LogP contribution in [0.15, 0.2) is 29.4 Å². The van der Waals surface area contributed by atoms with Crippen LogP contribution in [-0.2, 0) is 11.4 Å². The monoisotopic (exact) mass is 391 g/mol. The number of nitrogens with zero attached hydrogens (tertiary/aromatic N) is 3. The standard InChI is InChI=1S/C17H18ClN5O2S/c18-12-3-5-13(6-4-12)25-9-14-20-16(23-22-14)26-10-15(24)21-17(11-19)7-1-2-8-17/h3-6H,1-2,7-10H2,(H,21,24)(H,20,22,23). The van der Waals surface area contributed by atoms with Gasteiger partial charge in [0.15, 0.2) is 5.82 Å². The second kappa shape index (κ2) is 8.43. The number of nitriles is 1. The number of ether oxygens (including phenoxy) is 1. The van der Waals surface area contributed by atoms with Crippen molar-refractivity contribution < 1.29 is 9.53 Å². The summed E-state index contributed by atoms with van der Waals surface area (Å²) in [5.74, 6) is 1.23. The molecule has 1 fully saturated rings. The molecule has 1 aromatic heterocycles. The van der Waals surface area contributed by atoms with Crippen LogP contribution in [0.25, 0.3) is 0 Å². The predicted molar refractivity (Wildman–Crippen MR) is 97.8 cm³/mol. The van der Waals surface area contributed by atoms with Crippen molar-refractivity contribution in [1.29, 1.82) is 5.26 Å². The number of rotatable bonds is 7. The van der Waals surface area contributed by atoms with E-state index in [4.69, 9.17) is 16.3 Å². The normalized spacial score (nSPS) is 15.4. The summed E-state index contributed by atoms with van der Waals surface area (Å²) in [7, 11) is 0. The van der Waals surface area contributed by atoms with Gasteiger partial charge in [0.25, 0.3) is 0 Å². The number of carbonyl (C=O) groups excluding carboxylic acids is 1. The van der Waals surface area contributed by atoms with Gasteiger partial charge in [-0.2, -0.15) is 5.26 Å². The number of halogens is 1. The lowest BCUT2D eigenvalue weighted by Gasteiger charge is -2.21. The largest absolute Gasteiger partial charge is 0.486 e. The second-order valence-electron chi connectivity index (χ2n) is 6.05. The zero-order valence-corrected chi connectivity index (χ0v) is 15.6. The zero-order valence-electron chi connectivity index (χ0n) is 14.0. The van der Waals surface area contributed by atoms with Gasteiger partial charge < -0.3 is 10.1 Å². The number of aromatic nitrogens is 3. The quantitative estimate of drug-likeness (QED) is 0.703. The number of hydrogen-bond acceptors (Lipinski definition) is 6. The maximum atomic E-state index is 12.1. The van der Waals surface area contributed by atoms with Gasteiger partial charge in [-0.05, 0) is 49.9 Å². The van der Waals surface area contributed by atoms with Gasteiger partial charge in [-0.25, -0.2) is 4.98 Å². The molecule has 2 N–H and O–H groups in total. The molecule has 9 heteroatoms. The summed E-state index contributed by atoms with van der Waals surface area (Å²) in [5, 5.41) is 20.1. The van der Waals surface area contributed by atoms with Gasteiger partial charge in [0.2, 0.25) is 11.1 Å². The van der Waals surface area contributed by atoms with Crippen molar-refractivity contribution in [2.24, 2.45) is 0 Å². The van der Waals surface area contributed by atoms with Crippen LogP contribution in [0.5, 0.6) is 5.75 Å². The fourth-order valence-electron chi connectivity index (χ4n) is 2.77. The van der Waals surface area contributed by atoms with E-state index in [0.29, 0.717) is 34.6 Å². The van der Waals surface area contributed by atoms with Crippen LogP contribution in [0, 0.1) is 11.3 Å². The van der Waals surface area contributed by atoms with Crippen molar-refractivity contribution >= 4 is 29.3 Å². The molecule has 136 valence electrons. The van der Waals surface area contributed by atoms with Gasteiger partial charge in [-0.15, -0.1) is 5.10 Å². The SMILES string of the molecule is N#CC1(NC(=O)CSc2n[nH]c(COc3ccc(Cl)cc3)n2)CCCC1. The molecule has 1 saturated carbocycles. The van der Waals surface area contributed by atoms with E-state index in [0.717, 1.165) is 12.8 Å². The molecule has 2 aromatic rings. The van der Waals surface area contributed by atoms with Gasteiger partial charge in [0.1, 0.15) is 17.9 Å². The Morgan fingerprint density at radius 1 is 1.38 bits per heavy atom. The molecule has 1 heterocycles. The van der Waals surface area contributed by atoms with E-state index in [1.165, 1.54) is 11.8 Å². The highest BCUT2D eigenvalue weighted by Gasteiger charge is 2.35. The maximum absolute atomic E-state index is 12.1.